The van der Waals surface area contributed by atoms with E-state index in [1.165, 1.54) is 0 Å². The summed E-state index contributed by atoms with van der Waals surface area (Å²) in [5.41, 5.74) is 0.543. The predicted octanol–water partition coefficient (Wildman–Crippen LogP) is 2.18. The molecule has 1 fully saturated rings. The van der Waals surface area contributed by atoms with Gasteiger partial charge in [0.15, 0.2) is 11.5 Å². The van der Waals surface area contributed by atoms with Crippen LogP contribution in [0.25, 0.3) is 0 Å². The van der Waals surface area contributed by atoms with Crippen molar-refractivity contribution in [1.82, 2.24) is 9.80 Å². The molecule has 3 rings (SSSR count). The fourth-order valence-corrected chi connectivity index (χ4v) is 3.28. The smallest absolute Gasteiger partial charge is 0.257 e. The lowest BCUT2D eigenvalue weighted by molar-refractivity contribution is -0.137. The Morgan fingerprint density at radius 2 is 1.84 bits per heavy atom. The van der Waals surface area contributed by atoms with Gasteiger partial charge in [-0.25, -0.2) is 0 Å². The summed E-state index contributed by atoms with van der Waals surface area (Å²) in [6.45, 7) is 6.16. The summed E-state index contributed by atoms with van der Waals surface area (Å²) in [4.78, 5) is 29.0. The van der Waals surface area contributed by atoms with Crippen LogP contribution in [0.15, 0.2) is 18.2 Å². The van der Waals surface area contributed by atoms with E-state index in [2.05, 4.69) is 0 Å². The van der Waals surface area contributed by atoms with Crippen LogP contribution in [-0.2, 0) is 4.79 Å². The van der Waals surface area contributed by atoms with Gasteiger partial charge in [0.2, 0.25) is 5.91 Å². The molecule has 1 saturated heterocycles. The molecule has 1 aromatic rings. The highest BCUT2D eigenvalue weighted by atomic mass is 16.6. The number of hydrogen-bond acceptors (Lipinski definition) is 4. The quantitative estimate of drug-likeness (QED) is 0.842. The van der Waals surface area contributed by atoms with Crippen LogP contribution in [0.5, 0.6) is 11.5 Å². The van der Waals surface area contributed by atoms with E-state index >= 15 is 0 Å². The van der Waals surface area contributed by atoms with Gasteiger partial charge in [-0.15, -0.1) is 0 Å². The van der Waals surface area contributed by atoms with Crippen LogP contribution >= 0.6 is 0 Å². The van der Waals surface area contributed by atoms with E-state index in [0.717, 1.165) is 0 Å². The van der Waals surface area contributed by atoms with E-state index in [0.29, 0.717) is 56.2 Å². The number of likely N-dealkylation sites (tertiary alicyclic amines) is 1. The van der Waals surface area contributed by atoms with E-state index in [1.54, 1.807) is 11.0 Å². The first-order valence-electron chi connectivity index (χ1n) is 8.93. The molecule has 136 valence electrons. The number of ether oxygens (including phenoxy) is 2. The minimum atomic E-state index is -0.0505. The summed E-state index contributed by atoms with van der Waals surface area (Å²) in [6.07, 6.45) is 1.40. The Balaban J connectivity index is 1.66. The maximum Gasteiger partial charge on any atom is 0.257 e. The van der Waals surface area contributed by atoms with Crippen molar-refractivity contribution in [1.29, 1.82) is 0 Å². The molecule has 0 N–H and O–H groups in total. The van der Waals surface area contributed by atoms with Gasteiger partial charge < -0.3 is 19.3 Å². The Labute approximate surface area is 148 Å². The molecule has 0 unspecified atom stereocenters. The summed E-state index contributed by atoms with van der Waals surface area (Å²) in [6, 6.07) is 5.60. The largest absolute Gasteiger partial charge is 0.486 e. The number of hydrogen-bond donors (Lipinski definition) is 0. The summed E-state index contributed by atoms with van der Waals surface area (Å²) < 4.78 is 11.2. The molecule has 0 aromatic heterocycles. The van der Waals surface area contributed by atoms with Crippen LogP contribution in [0, 0.1) is 5.92 Å². The molecule has 2 aliphatic rings. The zero-order valence-electron chi connectivity index (χ0n) is 15.2. The number of fused-ring (bicyclic) bond motifs is 1. The second-order valence-corrected chi connectivity index (χ2v) is 6.94. The third-order valence-corrected chi connectivity index (χ3v) is 5.05. The lowest BCUT2D eigenvalue weighted by atomic mass is 9.94. The fourth-order valence-electron chi connectivity index (χ4n) is 3.28. The number of para-hydroxylation sites is 1. The minimum Gasteiger partial charge on any atom is -0.486 e. The highest BCUT2D eigenvalue weighted by Crippen LogP contribution is 2.35. The van der Waals surface area contributed by atoms with E-state index in [9.17, 15) is 9.59 Å². The van der Waals surface area contributed by atoms with Gasteiger partial charge >= 0.3 is 0 Å². The molecule has 6 nitrogen and oxygen atoms in total. The zero-order chi connectivity index (χ0) is 18.0. The molecule has 2 amide bonds. The van der Waals surface area contributed by atoms with Crippen LogP contribution in [0.2, 0.25) is 0 Å². The van der Waals surface area contributed by atoms with E-state index in [4.69, 9.17) is 9.47 Å². The SMILES string of the molecule is CC(C)N(C)C(=O)C1CCN(C(=O)c2cccc3c2OCCO3)CC1. The van der Waals surface area contributed by atoms with Crippen molar-refractivity contribution >= 4 is 11.8 Å². The third kappa shape index (κ3) is 3.57. The number of rotatable bonds is 3. The first-order chi connectivity index (χ1) is 12.0. The molecule has 0 spiro atoms. The molecule has 6 heteroatoms. The Morgan fingerprint density at radius 1 is 1.16 bits per heavy atom. The normalized spacial score (nSPS) is 17.5. The Kier molecular flexibility index (Phi) is 5.16. The Morgan fingerprint density at radius 3 is 2.52 bits per heavy atom. The molecule has 25 heavy (non-hydrogen) atoms. The first-order valence-corrected chi connectivity index (χ1v) is 8.93. The summed E-state index contributed by atoms with van der Waals surface area (Å²) in [7, 11) is 1.85. The van der Waals surface area contributed by atoms with Gasteiger partial charge in [0.25, 0.3) is 5.91 Å². The first kappa shape index (κ1) is 17.6. The maximum absolute atomic E-state index is 12.9. The minimum absolute atomic E-state index is 0.000668. The predicted molar refractivity (Wildman–Crippen MR) is 94.0 cm³/mol. The van der Waals surface area contributed by atoms with Crippen molar-refractivity contribution in [3.63, 3.8) is 0 Å². The van der Waals surface area contributed by atoms with E-state index in [-0.39, 0.29) is 23.8 Å². The average molecular weight is 346 g/mol. The summed E-state index contributed by atoms with van der Waals surface area (Å²) in [5.74, 6) is 1.29. The molecule has 2 heterocycles. The number of piperidine rings is 1. The molecule has 1 aromatic carbocycles. The van der Waals surface area contributed by atoms with E-state index in [1.807, 2.05) is 37.9 Å². The van der Waals surface area contributed by atoms with Crippen LogP contribution in [-0.4, -0.2) is 61.0 Å². The van der Waals surface area contributed by atoms with Gasteiger partial charge in [-0.05, 0) is 38.8 Å². The summed E-state index contributed by atoms with van der Waals surface area (Å²) >= 11 is 0. The van der Waals surface area contributed by atoms with Crippen molar-refractivity contribution in [2.75, 3.05) is 33.4 Å². The van der Waals surface area contributed by atoms with Crippen LogP contribution < -0.4 is 9.47 Å². The second-order valence-electron chi connectivity index (χ2n) is 6.94. The van der Waals surface area contributed by atoms with Crippen molar-refractivity contribution < 1.29 is 19.1 Å². The Hall–Kier alpha value is -2.24. The molecule has 2 aliphatic heterocycles. The van der Waals surface area contributed by atoms with Crippen molar-refractivity contribution in [3.8, 4) is 11.5 Å². The molecular formula is C19H26N2O4. The Bertz CT molecular complexity index is 651. The third-order valence-electron chi connectivity index (χ3n) is 5.05. The van der Waals surface area contributed by atoms with Crippen LogP contribution in [0.4, 0.5) is 0 Å². The molecule has 0 saturated carbocycles. The van der Waals surface area contributed by atoms with Gasteiger partial charge in [-0.1, -0.05) is 6.07 Å². The van der Waals surface area contributed by atoms with Gasteiger partial charge in [-0.3, -0.25) is 9.59 Å². The molecule has 0 radical (unpaired) electrons. The van der Waals surface area contributed by atoms with Crippen molar-refractivity contribution in [2.45, 2.75) is 32.7 Å². The topological polar surface area (TPSA) is 59.1 Å². The second kappa shape index (κ2) is 7.33. The maximum atomic E-state index is 12.9. The average Bonchev–Trinajstić information content (AvgIpc) is 2.65. The highest BCUT2D eigenvalue weighted by molar-refractivity contribution is 5.98. The lowest BCUT2D eigenvalue weighted by Crippen LogP contribution is -2.45. The lowest BCUT2D eigenvalue weighted by Gasteiger charge is -2.34. The van der Waals surface area contributed by atoms with Gasteiger partial charge in [0.05, 0.1) is 5.56 Å². The standard InChI is InChI=1S/C19H26N2O4/c1-13(2)20(3)18(22)14-7-9-21(10-8-14)19(23)15-5-4-6-16-17(15)25-12-11-24-16/h4-6,13-14H,7-12H2,1-3H3. The molecule has 0 aliphatic carbocycles. The van der Waals surface area contributed by atoms with Crippen LogP contribution in [0.1, 0.15) is 37.0 Å². The summed E-state index contributed by atoms with van der Waals surface area (Å²) in [5, 5.41) is 0. The van der Waals surface area contributed by atoms with Gasteiger partial charge in [-0.2, -0.15) is 0 Å². The zero-order valence-corrected chi connectivity index (χ0v) is 15.2. The van der Waals surface area contributed by atoms with E-state index < -0.39 is 0 Å². The fraction of sp³-hybridized carbons (Fsp3) is 0.579. The molecule has 0 atom stereocenters. The van der Waals surface area contributed by atoms with Crippen LogP contribution in [0.3, 0.4) is 0 Å². The molecular weight excluding hydrogens is 320 g/mol. The number of benzene rings is 1. The molecule has 0 bridgehead atoms. The number of carbonyl (C=O) groups excluding carboxylic acids is 2. The van der Waals surface area contributed by atoms with Crippen molar-refractivity contribution in [2.24, 2.45) is 5.92 Å². The van der Waals surface area contributed by atoms with Gasteiger partial charge in [0.1, 0.15) is 13.2 Å². The van der Waals surface area contributed by atoms with Gasteiger partial charge in [0, 0.05) is 32.1 Å². The monoisotopic (exact) mass is 346 g/mol. The highest BCUT2D eigenvalue weighted by Gasteiger charge is 2.31. The number of nitrogens with zero attached hydrogens (tertiary/aromatic N) is 2. The number of amides is 2. The van der Waals surface area contributed by atoms with Crippen molar-refractivity contribution in [3.05, 3.63) is 23.8 Å². The number of carbonyl (C=O) groups is 2.